The summed E-state index contributed by atoms with van der Waals surface area (Å²) in [5.41, 5.74) is 19.9. The molecule has 0 radical (unpaired) electrons. The third-order valence-corrected chi connectivity index (χ3v) is 13.0. The average molecular weight is 834 g/mol. The Morgan fingerprint density at radius 1 is 0.397 bits per heavy atom. The molecule has 63 heavy (non-hydrogen) atoms. The van der Waals surface area contributed by atoms with Crippen molar-refractivity contribution >= 4 is 74.3 Å². The summed E-state index contributed by atoms with van der Waals surface area (Å²) in [6, 6.07) is 60.7. The molecule has 3 nitrogen and oxygen atoms in total. The van der Waals surface area contributed by atoms with Crippen LogP contribution in [0.1, 0.15) is 105 Å². The smallest absolute Gasteiger partial charge is 0.335 e. The Labute approximate surface area is 400 Å². The number of benzene rings is 7. The molecule has 2 aliphatic rings. The molecule has 0 spiro atoms. The predicted octanol–water partition coefficient (Wildman–Crippen LogP) is 11.2. The maximum Gasteiger partial charge on any atom is 1.00 e. The summed E-state index contributed by atoms with van der Waals surface area (Å²) in [5.74, 6) is 0. The zero-order valence-electron chi connectivity index (χ0n) is 39.9. The van der Waals surface area contributed by atoms with Crippen molar-refractivity contribution in [1.29, 1.82) is 0 Å². The van der Waals surface area contributed by atoms with Crippen molar-refractivity contribution in [2.75, 3.05) is 14.7 Å². The van der Waals surface area contributed by atoms with Gasteiger partial charge in [0.2, 0.25) is 0 Å². The number of hydrogen-bond donors (Lipinski definition) is 0. The summed E-state index contributed by atoms with van der Waals surface area (Å²) < 4.78 is 0. The molecule has 7 aromatic rings. The first-order valence-corrected chi connectivity index (χ1v) is 22.4. The van der Waals surface area contributed by atoms with Gasteiger partial charge in [-0.3, -0.25) is 0 Å². The van der Waals surface area contributed by atoms with Gasteiger partial charge < -0.3 is 14.7 Å². The van der Waals surface area contributed by atoms with E-state index >= 15 is 0 Å². The molecule has 0 unspecified atom stereocenters. The molecule has 2 aliphatic heterocycles. The Hall–Kier alpha value is -5.00. The van der Waals surface area contributed by atoms with Gasteiger partial charge in [0.05, 0.1) is 0 Å². The van der Waals surface area contributed by atoms with E-state index in [-0.39, 0.29) is 57.9 Å². The Bertz CT molecular complexity index is 2710. The summed E-state index contributed by atoms with van der Waals surface area (Å²) in [5, 5.41) is 0. The van der Waals surface area contributed by atoms with Gasteiger partial charge in [0, 0.05) is 45.5 Å². The number of fused-ring (bicyclic) bond motifs is 4. The maximum atomic E-state index is 3.30. The van der Waals surface area contributed by atoms with Crippen LogP contribution in [0.25, 0.3) is 0 Å². The van der Waals surface area contributed by atoms with Crippen molar-refractivity contribution in [1.82, 2.24) is 0 Å². The van der Waals surface area contributed by atoms with Crippen molar-refractivity contribution < 1.29 is 29.6 Å². The number of rotatable bonds is 5. The Morgan fingerprint density at radius 2 is 0.825 bits per heavy atom. The molecular weight excluding hydrogens is 772 g/mol. The van der Waals surface area contributed by atoms with E-state index in [1.165, 1.54) is 67.1 Å². The van der Waals surface area contributed by atoms with Crippen LogP contribution in [-0.2, 0) is 21.7 Å². The van der Waals surface area contributed by atoms with Gasteiger partial charge in [-0.05, 0) is 127 Å². The minimum Gasteiger partial charge on any atom is -0.335 e. The minimum absolute atomic E-state index is 0. The Morgan fingerprint density at radius 3 is 1.32 bits per heavy atom. The van der Waals surface area contributed by atoms with Gasteiger partial charge >= 0.3 is 29.6 Å². The first-order valence-electron chi connectivity index (χ1n) is 22.4. The normalized spacial score (nSPS) is 13.5. The van der Waals surface area contributed by atoms with E-state index in [1.54, 1.807) is 0 Å². The third-order valence-electron chi connectivity index (χ3n) is 13.0. The molecule has 5 heteroatoms. The van der Waals surface area contributed by atoms with Crippen LogP contribution >= 0.6 is 0 Å². The molecule has 0 bridgehead atoms. The molecule has 9 rings (SSSR count). The minimum atomic E-state index is -0.0203. The Balaban J connectivity index is 0.00000544. The van der Waals surface area contributed by atoms with E-state index in [0.717, 1.165) is 22.7 Å². The van der Waals surface area contributed by atoms with E-state index in [0.29, 0.717) is 0 Å². The largest absolute Gasteiger partial charge is 1.00 e. The van der Waals surface area contributed by atoms with Crippen molar-refractivity contribution in [2.45, 2.75) is 105 Å². The van der Waals surface area contributed by atoms with E-state index in [9.17, 15) is 0 Å². The second-order valence-corrected chi connectivity index (χ2v) is 21.6. The molecule has 7 aromatic carbocycles. The quantitative estimate of drug-likeness (QED) is 0.126. The SMILES string of the molecule is CC(C)(C)c1ccc(N(c2ccc(C(C)(C)C)cc2)c2ccc3c(c2)N(c2cc[c-]cc2)c2cccc4c2B3c2cc(C(C)(C)C)ccc2N4c2ccc(C(C)(C)C)cc2)cc1.[Na+]. The fourth-order valence-electron chi connectivity index (χ4n) is 9.39. The molecule has 0 atom stereocenters. The molecule has 0 aromatic heterocycles. The van der Waals surface area contributed by atoms with Gasteiger partial charge in [0.25, 0.3) is 6.71 Å². The van der Waals surface area contributed by atoms with Crippen LogP contribution in [0.2, 0.25) is 0 Å². The summed E-state index contributed by atoms with van der Waals surface area (Å²) in [6.07, 6.45) is 0. The zero-order chi connectivity index (χ0) is 43.9. The van der Waals surface area contributed by atoms with Crippen LogP contribution < -0.4 is 60.6 Å². The standard InChI is InChI=1S/C58H61BN3.Na/c1-55(2,3)39-21-28-44(29-22-39)60(45-30-23-40(24-31-45)56(4,5)6)47-34-35-48-53(38-47)62(43-17-14-13-15-18-43)52-20-16-19-51-54(52)59(48)49-37-42(58(10,11)12)27-36-50(49)61(51)46-32-25-41(26-33-46)57(7,8)9;/h14-38H,1-12H3;/q-1;+1. The molecule has 2 heterocycles. The molecule has 312 valence electrons. The van der Waals surface area contributed by atoms with Crippen LogP contribution in [0.3, 0.4) is 0 Å². The van der Waals surface area contributed by atoms with E-state index < -0.39 is 0 Å². The maximum absolute atomic E-state index is 3.30. The van der Waals surface area contributed by atoms with E-state index in [4.69, 9.17) is 0 Å². The van der Waals surface area contributed by atoms with Crippen LogP contribution in [0, 0.1) is 6.07 Å². The van der Waals surface area contributed by atoms with Crippen LogP contribution in [0.15, 0.2) is 152 Å². The first kappa shape index (κ1) is 44.6. The predicted molar refractivity (Wildman–Crippen MR) is 269 cm³/mol. The molecule has 0 N–H and O–H groups in total. The fraction of sp³-hybridized carbons (Fsp3) is 0.276. The van der Waals surface area contributed by atoms with Gasteiger partial charge in [-0.15, -0.1) is 12.1 Å². The van der Waals surface area contributed by atoms with E-state index in [1.807, 2.05) is 12.1 Å². The average Bonchev–Trinajstić information content (AvgIpc) is 3.23. The van der Waals surface area contributed by atoms with Crippen molar-refractivity contribution in [3.05, 3.63) is 180 Å². The number of nitrogens with zero attached hydrogens (tertiary/aromatic N) is 3. The van der Waals surface area contributed by atoms with Gasteiger partial charge in [-0.1, -0.05) is 149 Å². The summed E-state index contributed by atoms with van der Waals surface area (Å²) in [7, 11) is 0. The zero-order valence-corrected chi connectivity index (χ0v) is 41.9. The molecule has 0 saturated carbocycles. The van der Waals surface area contributed by atoms with Gasteiger partial charge in [0.15, 0.2) is 0 Å². The fourth-order valence-corrected chi connectivity index (χ4v) is 9.39. The second kappa shape index (κ2) is 16.2. The molecule has 0 aliphatic carbocycles. The van der Waals surface area contributed by atoms with E-state index in [2.05, 4.69) is 243 Å². The molecule has 0 saturated heterocycles. The van der Waals surface area contributed by atoms with Crippen molar-refractivity contribution in [3.8, 4) is 0 Å². The first-order chi connectivity index (χ1) is 29.3. The van der Waals surface area contributed by atoms with Crippen molar-refractivity contribution in [2.24, 2.45) is 0 Å². The Kier molecular flexibility index (Phi) is 11.5. The van der Waals surface area contributed by atoms with Gasteiger partial charge in [0.1, 0.15) is 0 Å². The van der Waals surface area contributed by atoms with Crippen molar-refractivity contribution in [3.63, 3.8) is 0 Å². The molecule has 0 fully saturated rings. The van der Waals surface area contributed by atoms with Gasteiger partial charge in [-0.25, -0.2) is 0 Å². The molecule has 0 amide bonds. The second-order valence-electron chi connectivity index (χ2n) is 21.6. The topological polar surface area (TPSA) is 9.72 Å². The summed E-state index contributed by atoms with van der Waals surface area (Å²) in [6.45, 7) is 27.5. The van der Waals surface area contributed by atoms with Gasteiger partial charge in [-0.2, -0.15) is 18.2 Å². The monoisotopic (exact) mass is 833 g/mol. The molecular formula is C58H61BN3Na. The number of hydrogen-bond acceptors (Lipinski definition) is 3. The summed E-state index contributed by atoms with van der Waals surface area (Å²) >= 11 is 0. The van der Waals surface area contributed by atoms with Crippen LogP contribution in [0.4, 0.5) is 51.2 Å². The number of anilines is 9. The third kappa shape index (κ3) is 8.20. The summed E-state index contributed by atoms with van der Waals surface area (Å²) in [4.78, 5) is 7.42. The van der Waals surface area contributed by atoms with Crippen LogP contribution in [0.5, 0.6) is 0 Å². The van der Waals surface area contributed by atoms with Crippen LogP contribution in [-0.4, -0.2) is 6.71 Å².